The van der Waals surface area contributed by atoms with Crippen LogP contribution in [0.4, 0.5) is 0 Å². The molecule has 0 saturated carbocycles. The van der Waals surface area contributed by atoms with Gasteiger partial charge >= 0.3 is 29.6 Å². The molecular formula is C3H3N5NaS+. The van der Waals surface area contributed by atoms with E-state index in [9.17, 15) is 0 Å². The molecule has 0 atom stereocenters. The van der Waals surface area contributed by atoms with Crippen molar-refractivity contribution in [3.8, 4) is 6.07 Å². The molecule has 0 saturated heterocycles. The topological polar surface area (TPSA) is 70.3 Å². The Balaban J connectivity index is 0.000000810. The number of nitriles is 1. The average molecular weight is 164 g/mol. The normalized spacial score (nSPS) is 7.90. The van der Waals surface area contributed by atoms with E-state index in [1.54, 1.807) is 0 Å². The van der Waals surface area contributed by atoms with Gasteiger partial charge in [0, 0.05) is 0 Å². The fourth-order valence-electron chi connectivity index (χ4n) is 0.390. The minimum atomic E-state index is 0. The largest absolute Gasteiger partial charge is 1.00 e. The maximum atomic E-state index is 8.17. The van der Waals surface area contributed by atoms with Crippen LogP contribution in [0.2, 0.25) is 0 Å². The molecule has 1 rings (SSSR count). The second-order valence-electron chi connectivity index (χ2n) is 1.33. The second-order valence-corrected chi connectivity index (χ2v) is 1.69. The molecule has 7 heteroatoms. The summed E-state index contributed by atoms with van der Waals surface area (Å²) in [7, 11) is 0. The van der Waals surface area contributed by atoms with E-state index in [1.807, 2.05) is 6.07 Å². The molecule has 0 aliphatic rings. The smallest absolute Gasteiger partial charge is 0.228 e. The number of aromatic amines is 1. The Morgan fingerprint density at radius 2 is 2.50 bits per heavy atom. The molecule has 0 aromatic carbocycles. The monoisotopic (exact) mass is 164 g/mol. The quantitative estimate of drug-likeness (QED) is 0.352. The molecule has 46 valence electrons. The summed E-state index contributed by atoms with van der Waals surface area (Å²) < 4.78 is 1.67. The van der Waals surface area contributed by atoms with E-state index < -0.39 is 0 Å². The zero-order valence-corrected chi connectivity index (χ0v) is 8.22. The molecule has 1 aromatic heterocycles. The summed E-state index contributed by atoms with van der Waals surface area (Å²) in [5.74, 6) is 0. The predicted molar refractivity (Wildman–Crippen MR) is 30.8 cm³/mol. The van der Waals surface area contributed by atoms with Crippen molar-refractivity contribution in [2.75, 3.05) is 0 Å². The molecule has 0 unspecified atom stereocenters. The van der Waals surface area contributed by atoms with Crippen LogP contribution in [0.5, 0.6) is 0 Å². The first-order valence-corrected chi connectivity index (χ1v) is 2.60. The van der Waals surface area contributed by atoms with Gasteiger partial charge in [0.2, 0.25) is 4.77 Å². The number of nitrogens with one attached hydrogen (secondary N) is 1. The van der Waals surface area contributed by atoms with Crippen LogP contribution in [-0.2, 0) is 6.54 Å². The van der Waals surface area contributed by atoms with Crippen LogP contribution >= 0.6 is 12.2 Å². The summed E-state index contributed by atoms with van der Waals surface area (Å²) in [6.07, 6.45) is 0. The first kappa shape index (κ1) is 9.78. The third-order valence-electron chi connectivity index (χ3n) is 0.761. The molecule has 5 nitrogen and oxygen atoms in total. The van der Waals surface area contributed by atoms with Crippen molar-refractivity contribution in [1.29, 1.82) is 5.26 Å². The zero-order chi connectivity index (χ0) is 6.69. The number of aromatic nitrogens is 4. The van der Waals surface area contributed by atoms with Crippen molar-refractivity contribution in [1.82, 2.24) is 20.2 Å². The standard InChI is InChI=1S/C3H3N5S.Na/c4-1-2-8-3(9)5-6-7-8;/h2H2,(H,5,7,9);/q;+1. The number of H-pyrrole nitrogens is 1. The van der Waals surface area contributed by atoms with Crippen LogP contribution in [-0.4, -0.2) is 20.2 Å². The van der Waals surface area contributed by atoms with Gasteiger partial charge in [-0.25, -0.2) is 4.68 Å². The van der Waals surface area contributed by atoms with E-state index in [0.717, 1.165) is 0 Å². The molecule has 0 radical (unpaired) electrons. The van der Waals surface area contributed by atoms with Crippen molar-refractivity contribution in [3.63, 3.8) is 0 Å². The number of rotatable bonds is 1. The van der Waals surface area contributed by atoms with Crippen LogP contribution < -0.4 is 29.6 Å². The first-order chi connectivity index (χ1) is 4.34. The van der Waals surface area contributed by atoms with Gasteiger partial charge in [0.25, 0.3) is 0 Å². The molecule has 10 heavy (non-hydrogen) atoms. The van der Waals surface area contributed by atoms with E-state index in [-0.39, 0.29) is 36.1 Å². The van der Waals surface area contributed by atoms with Crippen molar-refractivity contribution in [2.45, 2.75) is 6.54 Å². The zero-order valence-electron chi connectivity index (χ0n) is 5.40. The van der Waals surface area contributed by atoms with Crippen molar-refractivity contribution >= 4 is 12.2 Å². The Labute approximate surface area is 84.3 Å². The predicted octanol–water partition coefficient (Wildman–Crippen LogP) is -3.14. The van der Waals surface area contributed by atoms with E-state index in [2.05, 4.69) is 27.7 Å². The van der Waals surface area contributed by atoms with Crippen molar-refractivity contribution in [3.05, 3.63) is 4.77 Å². The number of tetrazole rings is 1. The second kappa shape index (κ2) is 4.57. The summed E-state index contributed by atoms with van der Waals surface area (Å²) in [6.45, 7) is 0.172. The van der Waals surface area contributed by atoms with Gasteiger partial charge in [0.05, 0.1) is 6.07 Å². The molecule has 0 bridgehead atoms. The average Bonchev–Trinajstić information content (AvgIpc) is 2.18. The molecular weight excluding hydrogens is 161 g/mol. The fraction of sp³-hybridized carbons (Fsp3) is 0.333. The molecule has 1 aromatic rings. The molecule has 0 aliphatic carbocycles. The van der Waals surface area contributed by atoms with E-state index >= 15 is 0 Å². The van der Waals surface area contributed by atoms with Gasteiger partial charge in [-0.05, 0) is 12.2 Å². The fourth-order valence-corrected chi connectivity index (χ4v) is 0.536. The van der Waals surface area contributed by atoms with Gasteiger partial charge in [-0.3, -0.25) is 0 Å². The number of hydrogen-bond acceptors (Lipinski definition) is 4. The SMILES string of the molecule is N#CCn1[nH]nnc1=S.[Na+]. The van der Waals surface area contributed by atoms with Gasteiger partial charge < -0.3 is 0 Å². The first-order valence-electron chi connectivity index (χ1n) is 2.19. The Morgan fingerprint density at radius 3 is 2.90 bits per heavy atom. The molecule has 1 heterocycles. The summed E-state index contributed by atoms with van der Waals surface area (Å²) >= 11 is 4.66. The van der Waals surface area contributed by atoms with E-state index in [1.165, 1.54) is 4.68 Å². The maximum Gasteiger partial charge on any atom is 1.00 e. The Hall–Kier alpha value is -0.220. The van der Waals surface area contributed by atoms with Crippen molar-refractivity contribution in [2.24, 2.45) is 0 Å². The van der Waals surface area contributed by atoms with Crippen LogP contribution in [0.3, 0.4) is 0 Å². The number of hydrogen-bond donors (Lipinski definition) is 1. The Bertz CT molecular complexity index is 282. The van der Waals surface area contributed by atoms with Crippen LogP contribution in [0.15, 0.2) is 0 Å². The summed E-state index contributed by atoms with van der Waals surface area (Å²) in [5, 5.41) is 17.4. The molecule has 0 fully saturated rings. The molecule has 1 N–H and O–H groups in total. The minimum absolute atomic E-state index is 0. The maximum absolute atomic E-state index is 8.17. The summed E-state index contributed by atoms with van der Waals surface area (Å²) in [6, 6.07) is 1.90. The Morgan fingerprint density at radius 1 is 1.80 bits per heavy atom. The van der Waals surface area contributed by atoms with Crippen molar-refractivity contribution < 1.29 is 29.6 Å². The van der Waals surface area contributed by atoms with Gasteiger partial charge in [-0.15, -0.1) is 0 Å². The van der Waals surface area contributed by atoms with Gasteiger partial charge in [0.1, 0.15) is 6.54 Å². The summed E-state index contributed by atoms with van der Waals surface area (Å²) in [4.78, 5) is 0. The number of nitrogens with zero attached hydrogens (tertiary/aromatic N) is 4. The van der Waals surface area contributed by atoms with Gasteiger partial charge in [-0.2, -0.15) is 10.5 Å². The van der Waals surface area contributed by atoms with Gasteiger partial charge in [0.15, 0.2) is 0 Å². The third-order valence-corrected chi connectivity index (χ3v) is 1.06. The molecule has 0 aliphatic heterocycles. The molecule has 0 spiro atoms. The Kier molecular flexibility index (Phi) is 4.47. The van der Waals surface area contributed by atoms with Crippen LogP contribution in [0.1, 0.15) is 0 Å². The summed E-state index contributed by atoms with van der Waals surface area (Å²) in [5.41, 5.74) is 0. The van der Waals surface area contributed by atoms with E-state index in [0.29, 0.717) is 4.77 Å². The van der Waals surface area contributed by atoms with Crippen LogP contribution in [0.25, 0.3) is 0 Å². The molecule has 0 amide bonds. The van der Waals surface area contributed by atoms with Gasteiger partial charge in [-0.1, -0.05) is 10.3 Å². The minimum Gasteiger partial charge on any atom is -0.228 e. The van der Waals surface area contributed by atoms with E-state index in [4.69, 9.17) is 5.26 Å². The van der Waals surface area contributed by atoms with Crippen LogP contribution in [0, 0.1) is 16.1 Å². The third kappa shape index (κ3) is 2.19.